The van der Waals surface area contributed by atoms with Crippen LogP contribution in [0.2, 0.25) is 0 Å². The summed E-state index contributed by atoms with van der Waals surface area (Å²) in [4.78, 5) is 12.2. The molecule has 23 heavy (non-hydrogen) atoms. The first-order valence-corrected chi connectivity index (χ1v) is 7.42. The maximum atomic E-state index is 12.2. The smallest absolute Gasteiger partial charge is 0.240 e. The maximum Gasteiger partial charge on any atom is 0.240 e. The molecule has 1 aromatic heterocycles. The van der Waals surface area contributed by atoms with Crippen molar-refractivity contribution < 1.29 is 9.53 Å². The molecule has 0 radical (unpaired) electrons. The van der Waals surface area contributed by atoms with Crippen LogP contribution in [0.5, 0.6) is 0 Å². The lowest BCUT2D eigenvalue weighted by atomic mass is 9.90. The molecule has 0 saturated carbocycles. The van der Waals surface area contributed by atoms with E-state index in [-0.39, 0.29) is 18.3 Å². The predicted molar refractivity (Wildman–Crippen MR) is 89.6 cm³/mol. The van der Waals surface area contributed by atoms with Gasteiger partial charge in [0.1, 0.15) is 0 Å². The fraction of sp³-hybridized carbons (Fsp3) is 0.375. The number of benzene rings is 1. The highest BCUT2D eigenvalue weighted by atomic mass is 35.5. The van der Waals surface area contributed by atoms with Gasteiger partial charge in [0.2, 0.25) is 5.91 Å². The summed E-state index contributed by atoms with van der Waals surface area (Å²) in [6.45, 7) is 1.44. The van der Waals surface area contributed by atoms with Crippen LogP contribution in [-0.2, 0) is 16.1 Å². The molecule has 1 aromatic carbocycles. The first-order valence-electron chi connectivity index (χ1n) is 7.42. The van der Waals surface area contributed by atoms with E-state index in [0.29, 0.717) is 32.6 Å². The van der Waals surface area contributed by atoms with Gasteiger partial charge < -0.3 is 15.8 Å². The fourth-order valence-electron chi connectivity index (χ4n) is 2.49. The van der Waals surface area contributed by atoms with Gasteiger partial charge in [-0.25, -0.2) is 4.68 Å². The Morgan fingerprint density at radius 2 is 1.96 bits per heavy atom. The molecule has 1 saturated heterocycles. The lowest BCUT2D eigenvalue weighted by Crippen LogP contribution is -2.56. The van der Waals surface area contributed by atoms with E-state index in [4.69, 9.17) is 10.5 Å². The minimum absolute atomic E-state index is 0. The molecule has 1 aliphatic heterocycles. The predicted octanol–water partition coefficient (Wildman–Crippen LogP) is 1.42. The molecule has 0 aliphatic carbocycles. The van der Waals surface area contributed by atoms with Gasteiger partial charge in [-0.05, 0) is 31.0 Å². The van der Waals surface area contributed by atoms with Crippen LogP contribution in [0.25, 0.3) is 5.69 Å². The number of carbonyl (C=O) groups excluding carboxylic acids is 1. The number of aromatic nitrogens is 2. The largest absolute Gasteiger partial charge is 0.381 e. The van der Waals surface area contributed by atoms with Gasteiger partial charge in [0.15, 0.2) is 0 Å². The second-order valence-corrected chi connectivity index (χ2v) is 5.54. The summed E-state index contributed by atoms with van der Waals surface area (Å²) in [6, 6.07) is 11.7. The van der Waals surface area contributed by atoms with Gasteiger partial charge in [-0.1, -0.05) is 18.2 Å². The summed E-state index contributed by atoms with van der Waals surface area (Å²) < 4.78 is 7.04. The normalized spacial score (nSPS) is 16.4. The highest BCUT2D eigenvalue weighted by Crippen LogP contribution is 2.17. The standard InChI is InChI=1S/C16H20N4O2.ClH/c17-16(7-10-22-11-8-16)15(21)18-12-13-6-9-20(19-13)14-4-2-1-3-5-14;/h1-6,9H,7-8,10-12,17H2,(H,18,21);1H. The molecule has 0 bridgehead atoms. The topological polar surface area (TPSA) is 82.2 Å². The number of hydrogen-bond donors (Lipinski definition) is 2. The molecule has 3 rings (SSSR count). The number of carbonyl (C=O) groups is 1. The summed E-state index contributed by atoms with van der Waals surface area (Å²) in [5, 5.41) is 7.34. The van der Waals surface area contributed by atoms with Crippen molar-refractivity contribution in [2.24, 2.45) is 5.73 Å². The van der Waals surface area contributed by atoms with Crippen molar-refractivity contribution in [3.63, 3.8) is 0 Å². The summed E-state index contributed by atoms with van der Waals surface area (Å²) >= 11 is 0. The molecule has 0 spiro atoms. The molecule has 124 valence electrons. The Balaban J connectivity index is 0.00000192. The second kappa shape index (κ2) is 7.59. The first kappa shape index (κ1) is 17.5. The van der Waals surface area contributed by atoms with Crippen LogP contribution in [0, 0.1) is 0 Å². The van der Waals surface area contributed by atoms with E-state index in [1.54, 1.807) is 4.68 Å². The minimum atomic E-state index is -0.819. The van der Waals surface area contributed by atoms with E-state index in [1.165, 1.54) is 0 Å². The number of hydrogen-bond acceptors (Lipinski definition) is 4. The van der Waals surface area contributed by atoms with E-state index in [2.05, 4.69) is 10.4 Å². The van der Waals surface area contributed by atoms with E-state index in [1.807, 2.05) is 42.6 Å². The van der Waals surface area contributed by atoms with Gasteiger partial charge >= 0.3 is 0 Å². The summed E-state index contributed by atoms with van der Waals surface area (Å²) in [6.07, 6.45) is 2.98. The zero-order chi connectivity index (χ0) is 15.4. The van der Waals surface area contributed by atoms with Crippen molar-refractivity contribution >= 4 is 18.3 Å². The number of halogens is 1. The van der Waals surface area contributed by atoms with Gasteiger partial charge in [-0.15, -0.1) is 12.4 Å². The van der Waals surface area contributed by atoms with Crippen LogP contribution in [0.4, 0.5) is 0 Å². The van der Waals surface area contributed by atoms with Crippen molar-refractivity contribution in [3.05, 3.63) is 48.3 Å². The summed E-state index contributed by atoms with van der Waals surface area (Å²) in [5.41, 5.74) is 7.11. The van der Waals surface area contributed by atoms with Crippen molar-refractivity contribution in [2.45, 2.75) is 24.9 Å². The van der Waals surface area contributed by atoms with E-state index >= 15 is 0 Å². The van der Waals surface area contributed by atoms with Crippen LogP contribution in [0.1, 0.15) is 18.5 Å². The lowest BCUT2D eigenvalue weighted by molar-refractivity contribution is -0.129. The highest BCUT2D eigenvalue weighted by Gasteiger charge is 2.35. The third-order valence-corrected chi connectivity index (χ3v) is 3.93. The first-order chi connectivity index (χ1) is 10.7. The zero-order valence-corrected chi connectivity index (χ0v) is 13.6. The van der Waals surface area contributed by atoms with Crippen molar-refractivity contribution in [3.8, 4) is 5.69 Å². The summed E-state index contributed by atoms with van der Waals surface area (Å²) in [5.74, 6) is -0.134. The Hall–Kier alpha value is -1.89. The molecular formula is C16H21ClN4O2. The molecular weight excluding hydrogens is 316 g/mol. The Morgan fingerprint density at radius 1 is 1.26 bits per heavy atom. The number of nitrogens with one attached hydrogen (secondary N) is 1. The third kappa shape index (κ3) is 4.10. The van der Waals surface area contributed by atoms with E-state index in [9.17, 15) is 4.79 Å². The Bertz CT molecular complexity index is 639. The molecule has 1 amide bonds. The molecule has 0 atom stereocenters. The van der Waals surface area contributed by atoms with E-state index < -0.39 is 5.54 Å². The second-order valence-electron chi connectivity index (χ2n) is 5.54. The monoisotopic (exact) mass is 336 g/mol. The average molecular weight is 337 g/mol. The SMILES string of the molecule is Cl.NC1(C(=O)NCc2ccn(-c3ccccc3)n2)CCOCC1. The molecule has 1 fully saturated rings. The number of nitrogens with zero attached hydrogens (tertiary/aromatic N) is 2. The van der Waals surface area contributed by atoms with Gasteiger partial charge in [0, 0.05) is 19.4 Å². The number of para-hydroxylation sites is 1. The zero-order valence-electron chi connectivity index (χ0n) is 12.8. The molecule has 0 unspecified atom stereocenters. The Labute approximate surface area is 141 Å². The average Bonchev–Trinajstić information content (AvgIpc) is 3.03. The molecule has 6 nitrogen and oxygen atoms in total. The number of amides is 1. The lowest BCUT2D eigenvalue weighted by Gasteiger charge is -2.31. The quantitative estimate of drug-likeness (QED) is 0.884. The van der Waals surface area contributed by atoms with Crippen molar-refractivity contribution in [1.82, 2.24) is 15.1 Å². The van der Waals surface area contributed by atoms with Gasteiger partial charge in [0.05, 0.1) is 23.5 Å². The molecule has 1 aliphatic rings. The Kier molecular flexibility index (Phi) is 5.76. The summed E-state index contributed by atoms with van der Waals surface area (Å²) in [7, 11) is 0. The maximum absolute atomic E-state index is 12.2. The number of ether oxygens (including phenoxy) is 1. The van der Waals surface area contributed by atoms with E-state index in [0.717, 1.165) is 11.4 Å². The molecule has 2 heterocycles. The van der Waals surface area contributed by atoms with Crippen LogP contribution in [0.15, 0.2) is 42.6 Å². The fourth-order valence-corrected chi connectivity index (χ4v) is 2.49. The Morgan fingerprint density at radius 3 is 2.65 bits per heavy atom. The number of nitrogens with two attached hydrogens (primary N) is 1. The van der Waals surface area contributed by atoms with Gasteiger partial charge in [-0.2, -0.15) is 5.10 Å². The van der Waals surface area contributed by atoms with Crippen LogP contribution < -0.4 is 11.1 Å². The number of rotatable bonds is 4. The minimum Gasteiger partial charge on any atom is -0.381 e. The third-order valence-electron chi connectivity index (χ3n) is 3.93. The van der Waals surface area contributed by atoms with Crippen LogP contribution >= 0.6 is 12.4 Å². The molecule has 7 heteroatoms. The molecule has 2 aromatic rings. The van der Waals surface area contributed by atoms with Gasteiger partial charge in [0.25, 0.3) is 0 Å². The van der Waals surface area contributed by atoms with Crippen molar-refractivity contribution in [2.75, 3.05) is 13.2 Å². The van der Waals surface area contributed by atoms with Gasteiger partial charge in [-0.3, -0.25) is 4.79 Å². The van der Waals surface area contributed by atoms with Crippen molar-refractivity contribution in [1.29, 1.82) is 0 Å². The van der Waals surface area contributed by atoms with Crippen LogP contribution in [-0.4, -0.2) is 34.4 Å². The van der Waals surface area contributed by atoms with Crippen LogP contribution in [0.3, 0.4) is 0 Å². The molecule has 3 N–H and O–H groups in total. The highest BCUT2D eigenvalue weighted by molar-refractivity contribution is 5.86.